The molecule has 2 aliphatic rings. The van der Waals surface area contributed by atoms with Gasteiger partial charge in [0.15, 0.2) is 5.78 Å². The average Bonchev–Trinajstić information content (AvgIpc) is 2.81. The van der Waals surface area contributed by atoms with Gasteiger partial charge in [-0.05, 0) is 37.0 Å². The SMILES string of the molecule is O=C(Nc1ccc2c(c1)C(=O)CC2)NC1CCCCC1. The molecule has 4 heteroatoms. The zero-order valence-corrected chi connectivity index (χ0v) is 11.6. The predicted octanol–water partition coefficient (Wildman–Crippen LogP) is 3.27. The molecule has 1 aromatic rings. The fraction of sp³-hybridized carbons (Fsp3) is 0.500. The van der Waals surface area contributed by atoms with Crippen LogP contribution in [-0.4, -0.2) is 17.9 Å². The number of rotatable bonds is 2. The largest absolute Gasteiger partial charge is 0.335 e. The fourth-order valence-electron chi connectivity index (χ4n) is 3.11. The van der Waals surface area contributed by atoms with Crippen molar-refractivity contribution in [3.63, 3.8) is 0 Å². The van der Waals surface area contributed by atoms with Crippen molar-refractivity contribution in [3.05, 3.63) is 29.3 Å². The van der Waals surface area contributed by atoms with Gasteiger partial charge in [-0.15, -0.1) is 0 Å². The lowest BCUT2D eigenvalue weighted by atomic mass is 9.96. The summed E-state index contributed by atoms with van der Waals surface area (Å²) in [4.78, 5) is 23.6. The van der Waals surface area contributed by atoms with Crippen molar-refractivity contribution in [2.45, 2.75) is 51.0 Å². The molecule has 0 unspecified atom stereocenters. The summed E-state index contributed by atoms with van der Waals surface area (Å²) in [5.74, 6) is 0.177. The van der Waals surface area contributed by atoms with E-state index < -0.39 is 0 Å². The number of carbonyl (C=O) groups excluding carboxylic acids is 2. The third kappa shape index (κ3) is 2.84. The summed E-state index contributed by atoms with van der Waals surface area (Å²) in [6.45, 7) is 0. The molecule has 106 valence electrons. The molecule has 20 heavy (non-hydrogen) atoms. The average molecular weight is 272 g/mol. The minimum Gasteiger partial charge on any atom is -0.335 e. The van der Waals surface area contributed by atoms with Crippen LogP contribution in [0.1, 0.15) is 54.4 Å². The highest BCUT2D eigenvalue weighted by Gasteiger charge is 2.20. The monoisotopic (exact) mass is 272 g/mol. The number of anilines is 1. The molecule has 3 rings (SSSR count). The van der Waals surface area contributed by atoms with Gasteiger partial charge in [-0.1, -0.05) is 25.3 Å². The number of Topliss-reactive ketones (excluding diaryl/α,β-unsaturated/α-hetero) is 1. The lowest BCUT2D eigenvalue weighted by Crippen LogP contribution is -2.39. The van der Waals surface area contributed by atoms with E-state index >= 15 is 0 Å². The van der Waals surface area contributed by atoms with E-state index in [9.17, 15) is 9.59 Å². The molecule has 0 radical (unpaired) electrons. The number of ketones is 1. The molecule has 2 amide bonds. The Hall–Kier alpha value is -1.84. The van der Waals surface area contributed by atoms with Crippen LogP contribution in [0.5, 0.6) is 0 Å². The second kappa shape index (κ2) is 5.65. The Morgan fingerprint density at radius 3 is 2.70 bits per heavy atom. The van der Waals surface area contributed by atoms with Crippen LogP contribution >= 0.6 is 0 Å². The highest BCUT2D eigenvalue weighted by atomic mass is 16.2. The van der Waals surface area contributed by atoms with Gasteiger partial charge in [0.25, 0.3) is 0 Å². The van der Waals surface area contributed by atoms with Crippen LogP contribution in [0.3, 0.4) is 0 Å². The number of hydrogen-bond donors (Lipinski definition) is 2. The molecule has 0 spiro atoms. The summed E-state index contributed by atoms with van der Waals surface area (Å²) < 4.78 is 0. The molecule has 1 saturated carbocycles. The first-order chi connectivity index (χ1) is 9.72. The van der Waals surface area contributed by atoms with Crippen molar-refractivity contribution >= 4 is 17.5 Å². The number of hydrogen-bond acceptors (Lipinski definition) is 2. The quantitative estimate of drug-likeness (QED) is 0.868. The Balaban J connectivity index is 1.61. The van der Waals surface area contributed by atoms with Crippen molar-refractivity contribution in [3.8, 4) is 0 Å². The van der Waals surface area contributed by atoms with E-state index in [0.29, 0.717) is 18.2 Å². The van der Waals surface area contributed by atoms with Crippen LogP contribution < -0.4 is 10.6 Å². The van der Waals surface area contributed by atoms with E-state index in [4.69, 9.17) is 0 Å². The van der Waals surface area contributed by atoms with E-state index in [2.05, 4.69) is 10.6 Å². The van der Waals surface area contributed by atoms with Gasteiger partial charge >= 0.3 is 6.03 Å². The number of benzene rings is 1. The van der Waals surface area contributed by atoms with E-state index in [-0.39, 0.29) is 11.8 Å². The Kier molecular flexibility index (Phi) is 3.72. The zero-order chi connectivity index (χ0) is 13.9. The summed E-state index contributed by atoms with van der Waals surface area (Å²) >= 11 is 0. The molecule has 2 N–H and O–H groups in total. The first kappa shape index (κ1) is 13.2. The van der Waals surface area contributed by atoms with Crippen molar-refractivity contribution < 1.29 is 9.59 Å². The Labute approximate surface area is 118 Å². The summed E-state index contributed by atoms with van der Waals surface area (Å²) in [5.41, 5.74) is 2.56. The topological polar surface area (TPSA) is 58.2 Å². The third-order valence-corrected chi connectivity index (χ3v) is 4.23. The maximum Gasteiger partial charge on any atom is 0.319 e. The summed E-state index contributed by atoms with van der Waals surface area (Å²) in [5, 5.41) is 5.85. The van der Waals surface area contributed by atoms with Crippen molar-refractivity contribution in [2.24, 2.45) is 0 Å². The molecule has 1 aromatic carbocycles. The van der Waals surface area contributed by atoms with E-state index in [1.54, 1.807) is 6.07 Å². The maximum atomic E-state index is 12.0. The molecule has 1 fully saturated rings. The molecule has 0 aliphatic heterocycles. The van der Waals surface area contributed by atoms with E-state index in [1.807, 2.05) is 12.1 Å². The second-order valence-corrected chi connectivity index (χ2v) is 5.73. The summed E-state index contributed by atoms with van der Waals surface area (Å²) in [6.07, 6.45) is 7.20. The van der Waals surface area contributed by atoms with Gasteiger partial charge in [-0.25, -0.2) is 4.79 Å². The highest BCUT2D eigenvalue weighted by Crippen LogP contribution is 2.25. The normalized spacial score (nSPS) is 18.7. The Morgan fingerprint density at radius 1 is 1.10 bits per heavy atom. The minimum atomic E-state index is -0.165. The molecule has 0 heterocycles. The molecular weight excluding hydrogens is 252 g/mol. The van der Waals surface area contributed by atoms with Gasteiger partial charge in [0, 0.05) is 23.7 Å². The van der Waals surface area contributed by atoms with Gasteiger partial charge in [-0.3, -0.25) is 4.79 Å². The number of amides is 2. The molecule has 0 saturated heterocycles. The molecule has 0 bridgehead atoms. The lowest BCUT2D eigenvalue weighted by Gasteiger charge is -2.22. The van der Waals surface area contributed by atoms with Crippen molar-refractivity contribution in [1.29, 1.82) is 0 Å². The zero-order valence-electron chi connectivity index (χ0n) is 11.6. The lowest BCUT2D eigenvalue weighted by molar-refractivity contribution is 0.0994. The second-order valence-electron chi connectivity index (χ2n) is 5.73. The van der Waals surface area contributed by atoms with Crippen molar-refractivity contribution in [2.75, 3.05) is 5.32 Å². The molecular formula is C16H20N2O2. The number of aryl methyl sites for hydroxylation is 1. The van der Waals surface area contributed by atoms with E-state index in [1.165, 1.54) is 19.3 Å². The van der Waals surface area contributed by atoms with Crippen LogP contribution in [0.4, 0.5) is 10.5 Å². The fourth-order valence-corrected chi connectivity index (χ4v) is 3.11. The third-order valence-electron chi connectivity index (χ3n) is 4.23. The first-order valence-corrected chi connectivity index (χ1v) is 7.46. The van der Waals surface area contributed by atoms with Crippen molar-refractivity contribution in [1.82, 2.24) is 5.32 Å². The van der Waals surface area contributed by atoms with Crippen LogP contribution in [-0.2, 0) is 6.42 Å². The summed E-state index contributed by atoms with van der Waals surface area (Å²) in [6, 6.07) is 5.74. The number of carbonyl (C=O) groups is 2. The van der Waals surface area contributed by atoms with Crippen LogP contribution in [0, 0.1) is 0 Å². The van der Waals surface area contributed by atoms with E-state index in [0.717, 1.165) is 30.4 Å². The molecule has 2 aliphatic carbocycles. The number of fused-ring (bicyclic) bond motifs is 1. The number of urea groups is 1. The predicted molar refractivity (Wildman–Crippen MR) is 78.1 cm³/mol. The van der Waals surface area contributed by atoms with Gasteiger partial charge in [0.2, 0.25) is 0 Å². The Bertz CT molecular complexity index is 533. The van der Waals surface area contributed by atoms with Gasteiger partial charge in [0.1, 0.15) is 0 Å². The maximum absolute atomic E-state index is 12.0. The highest BCUT2D eigenvalue weighted by molar-refractivity contribution is 6.02. The van der Waals surface area contributed by atoms with Gasteiger partial charge in [-0.2, -0.15) is 0 Å². The molecule has 4 nitrogen and oxygen atoms in total. The van der Waals surface area contributed by atoms with Crippen LogP contribution in [0.2, 0.25) is 0 Å². The number of nitrogens with one attached hydrogen (secondary N) is 2. The standard InChI is InChI=1S/C16H20N2O2/c19-15-9-7-11-6-8-13(10-14(11)15)18-16(20)17-12-4-2-1-3-5-12/h6,8,10,12H,1-5,7,9H2,(H2,17,18,20). The first-order valence-electron chi connectivity index (χ1n) is 7.46. The van der Waals surface area contributed by atoms with Crippen LogP contribution in [0.15, 0.2) is 18.2 Å². The minimum absolute atomic E-state index is 0.165. The van der Waals surface area contributed by atoms with Crippen LogP contribution in [0.25, 0.3) is 0 Å². The molecule has 0 aromatic heterocycles. The smallest absolute Gasteiger partial charge is 0.319 e. The molecule has 0 atom stereocenters. The Morgan fingerprint density at radius 2 is 1.90 bits per heavy atom. The summed E-state index contributed by atoms with van der Waals surface area (Å²) in [7, 11) is 0. The van der Waals surface area contributed by atoms with Gasteiger partial charge in [0.05, 0.1) is 0 Å². The van der Waals surface area contributed by atoms with Gasteiger partial charge < -0.3 is 10.6 Å².